The molecule has 0 radical (unpaired) electrons. The highest BCUT2D eigenvalue weighted by atomic mass is 19.1. The van der Waals surface area contributed by atoms with Crippen LogP contribution in [0.5, 0.6) is 0 Å². The van der Waals surface area contributed by atoms with Gasteiger partial charge in [0.25, 0.3) is 0 Å². The van der Waals surface area contributed by atoms with Crippen molar-refractivity contribution >= 4 is 10.9 Å². The highest BCUT2D eigenvalue weighted by molar-refractivity contribution is 5.83. The van der Waals surface area contributed by atoms with Crippen LogP contribution in [0, 0.1) is 5.82 Å². The van der Waals surface area contributed by atoms with Crippen LogP contribution in [0.1, 0.15) is 5.56 Å². The van der Waals surface area contributed by atoms with Gasteiger partial charge in [-0.05, 0) is 30.8 Å². The molecule has 1 aromatic heterocycles. The molecule has 0 fully saturated rings. The molecule has 0 saturated heterocycles. The van der Waals surface area contributed by atoms with E-state index in [1.165, 1.54) is 6.07 Å². The molecule has 0 spiro atoms. The number of aromatic nitrogens is 1. The molecule has 2 nitrogen and oxygen atoms in total. The summed E-state index contributed by atoms with van der Waals surface area (Å²) in [6.45, 7) is 0.753. The summed E-state index contributed by atoms with van der Waals surface area (Å²) in [6.07, 6.45) is 1.90. The first kappa shape index (κ1) is 8.26. The second kappa shape index (κ2) is 3.18. The highest BCUT2D eigenvalue weighted by Crippen LogP contribution is 2.18. The Morgan fingerprint density at radius 1 is 1.46 bits per heavy atom. The Kier molecular flexibility index (Phi) is 2.02. The fraction of sp³-hybridized carbons (Fsp3) is 0.200. The van der Waals surface area contributed by atoms with Gasteiger partial charge in [0, 0.05) is 23.6 Å². The molecule has 2 N–H and O–H groups in total. The van der Waals surface area contributed by atoms with Gasteiger partial charge in [-0.3, -0.25) is 0 Å². The maximum Gasteiger partial charge on any atom is 0.123 e. The number of hydrogen-bond donors (Lipinski definition) is 2. The van der Waals surface area contributed by atoms with Gasteiger partial charge >= 0.3 is 0 Å². The summed E-state index contributed by atoms with van der Waals surface area (Å²) in [7, 11) is 1.87. The van der Waals surface area contributed by atoms with Crippen molar-refractivity contribution in [2.24, 2.45) is 0 Å². The van der Waals surface area contributed by atoms with Crippen LogP contribution < -0.4 is 5.32 Å². The first-order valence-corrected chi connectivity index (χ1v) is 4.21. The van der Waals surface area contributed by atoms with Crippen molar-refractivity contribution in [1.29, 1.82) is 0 Å². The van der Waals surface area contributed by atoms with Gasteiger partial charge in [0.15, 0.2) is 0 Å². The first-order valence-electron chi connectivity index (χ1n) is 4.21. The lowest BCUT2D eigenvalue weighted by atomic mass is 10.2. The third kappa shape index (κ3) is 1.42. The number of rotatable bonds is 2. The van der Waals surface area contributed by atoms with Gasteiger partial charge in [0.1, 0.15) is 5.82 Å². The van der Waals surface area contributed by atoms with Crippen LogP contribution in [0.15, 0.2) is 24.4 Å². The molecule has 0 bridgehead atoms. The molecule has 2 rings (SSSR count). The molecule has 0 unspecified atom stereocenters. The van der Waals surface area contributed by atoms with Crippen LogP contribution in [-0.4, -0.2) is 12.0 Å². The van der Waals surface area contributed by atoms with Crippen LogP contribution in [0.4, 0.5) is 4.39 Å². The van der Waals surface area contributed by atoms with Crippen molar-refractivity contribution in [3.63, 3.8) is 0 Å². The van der Waals surface area contributed by atoms with E-state index in [9.17, 15) is 4.39 Å². The number of benzene rings is 1. The smallest absolute Gasteiger partial charge is 0.123 e. The van der Waals surface area contributed by atoms with Crippen LogP contribution in [0.2, 0.25) is 0 Å². The molecule has 0 aliphatic carbocycles. The molecule has 0 aliphatic heterocycles. The van der Waals surface area contributed by atoms with E-state index in [1.54, 1.807) is 12.1 Å². The highest BCUT2D eigenvalue weighted by Gasteiger charge is 2.02. The maximum absolute atomic E-state index is 12.9. The van der Waals surface area contributed by atoms with E-state index in [4.69, 9.17) is 0 Å². The van der Waals surface area contributed by atoms with E-state index in [2.05, 4.69) is 10.3 Å². The van der Waals surface area contributed by atoms with Gasteiger partial charge in [-0.1, -0.05) is 0 Å². The fourth-order valence-corrected chi connectivity index (χ4v) is 1.49. The molecular weight excluding hydrogens is 167 g/mol. The Balaban J connectivity index is 2.58. The van der Waals surface area contributed by atoms with Crippen molar-refractivity contribution in [2.45, 2.75) is 6.54 Å². The molecule has 13 heavy (non-hydrogen) atoms. The molecule has 0 atom stereocenters. The Morgan fingerprint density at radius 2 is 2.31 bits per heavy atom. The van der Waals surface area contributed by atoms with Gasteiger partial charge in [-0.25, -0.2) is 4.39 Å². The molecule has 0 saturated carbocycles. The van der Waals surface area contributed by atoms with E-state index in [0.29, 0.717) is 0 Å². The summed E-state index contributed by atoms with van der Waals surface area (Å²) in [5, 5.41) is 3.99. The topological polar surface area (TPSA) is 27.8 Å². The fourth-order valence-electron chi connectivity index (χ4n) is 1.49. The average Bonchev–Trinajstić information content (AvgIpc) is 2.49. The van der Waals surface area contributed by atoms with Crippen LogP contribution in [0.25, 0.3) is 10.9 Å². The van der Waals surface area contributed by atoms with Gasteiger partial charge in [0.2, 0.25) is 0 Å². The molecule has 0 amide bonds. The molecule has 3 heteroatoms. The van der Waals surface area contributed by atoms with Crippen molar-refractivity contribution in [3.8, 4) is 0 Å². The first-order chi connectivity index (χ1) is 6.31. The zero-order valence-electron chi connectivity index (χ0n) is 7.39. The second-order valence-electron chi connectivity index (χ2n) is 3.03. The minimum absolute atomic E-state index is 0.190. The Morgan fingerprint density at radius 3 is 3.08 bits per heavy atom. The van der Waals surface area contributed by atoms with Gasteiger partial charge < -0.3 is 10.3 Å². The SMILES string of the molecule is CNCc1c[nH]c2ccc(F)cc12. The predicted molar refractivity (Wildman–Crippen MR) is 51.0 cm³/mol. The number of nitrogens with one attached hydrogen (secondary N) is 2. The Bertz CT molecular complexity index is 420. The van der Waals surface area contributed by atoms with Crippen molar-refractivity contribution in [3.05, 3.63) is 35.8 Å². The summed E-state index contributed by atoms with van der Waals surface area (Å²) < 4.78 is 12.9. The van der Waals surface area contributed by atoms with E-state index in [-0.39, 0.29) is 5.82 Å². The second-order valence-corrected chi connectivity index (χ2v) is 3.03. The van der Waals surface area contributed by atoms with Crippen LogP contribution in [0.3, 0.4) is 0 Å². The molecule has 1 heterocycles. The lowest BCUT2D eigenvalue weighted by Gasteiger charge is -1.96. The summed E-state index contributed by atoms with van der Waals surface area (Å²) in [4.78, 5) is 3.09. The number of halogens is 1. The van der Waals surface area contributed by atoms with Gasteiger partial charge in [0.05, 0.1) is 0 Å². The molecular formula is C10H11FN2. The third-order valence-corrected chi connectivity index (χ3v) is 2.10. The molecule has 1 aromatic carbocycles. The van der Waals surface area contributed by atoms with Crippen LogP contribution in [-0.2, 0) is 6.54 Å². The zero-order valence-corrected chi connectivity index (χ0v) is 7.39. The molecule has 0 aliphatic rings. The van der Waals surface area contributed by atoms with Gasteiger partial charge in [-0.2, -0.15) is 0 Å². The summed E-state index contributed by atoms with van der Waals surface area (Å²) in [6, 6.07) is 4.77. The minimum atomic E-state index is -0.190. The number of aromatic amines is 1. The van der Waals surface area contributed by atoms with Crippen LogP contribution >= 0.6 is 0 Å². The quantitative estimate of drug-likeness (QED) is 0.723. The standard InChI is InChI=1S/C10H11FN2/c1-12-5-7-6-13-10-3-2-8(11)4-9(7)10/h2-4,6,12-13H,5H2,1H3. The summed E-state index contributed by atoms with van der Waals surface area (Å²) >= 11 is 0. The van der Waals surface area contributed by atoms with E-state index in [1.807, 2.05) is 13.2 Å². The maximum atomic E-state index is 12.9. The summed E-state index contributed by atoms with van der Waals surface area (Å²) in [5.41, 5.74) is 2.07. The summed E-state index contributed by atoms with van der Waals surface area (Å²) in [5.74, 6) is -0.190. The normalized spacial score (nSPS) is 10.9. The largest absolute Gasteiger partial charge is 0.361 e. The lowest BCUT2D eigenvalue weighted by Crippen LogP contribution is -2.03. The number of hydrogen-bond acceptors (Lipinski definition) is 1. The van der Waals surface area contributed by atoms with Crippen molar-refractivity contribution in [2.75, 3.05) is 7.05 Å². The molecule has 2 aromatic rings. The van der Waals surface area contributed by atoms with E-state index >= 15 is 0 Å². The Labute approximate surface area is 75.8 Å². The van der Waals surface area contributed by atoms with Gasteiger partial charge in [-0.15, -0.1) is 0 Å². The predicted octanol–water partition coefficient (Wildman–Crippen LogP) is 2.03. The van der Waals surface area contributed by atoms with E-state index in [0.717, 1.165) is 23.0 Å². The van der Waals surface area contributed by atoms with Crippen molar-refractivity contribution in [1.82, 2.24) is 10.3 Å². The lowest BCUT2D eigenvalue weighted by molar-refractivity contribution is 0.629. The van der Waals surface area contributed by atoms with Crippen molar-refractivity contribution < 1.29 is 4.39 Å². The average molecular weight is 178 g/mol. The third-order valence-electron chi connectivity index (χ3n) is 2.10. The monoisotopic (exact) mass is 178 g/mol. The zero-order chi connectivity index (χ0) is 9.26. The Hall–Kier alpha value is -1.35. The number of H-pyrrole nitrogens is 1. The minimum Gasteiger partial charge on any atom is -0.361 e. The molecule has 68 valence electrons. The number of fused-ring (bicyclic) bond motifs is 1. The van der Waals surface area contributed by atoms with E-state index < -0.39 is 0 Å².